The largest absolute Gasteiger partial charge is 0.496 e. The number of aliphatic hydroxyl groups is 1. The zero-order chi connectivity index (χ0) is 38.9. The molecule has 5 N–H and O–H groups in total. The Bertz CT molecular complexity index is 1580. The van der Waals surface area contributed by atoms with Crippen molar-refractivity contribution in [3.63, 3.8) is 0 Å². The lowest BCUT2D eigenvalue weighted by molar-refractivity contribution is -0.175. The van der Waals surface area contributed by atoms with Gasteiger partial charge in [0.05, 0.1) is 25.9 Å². The van der Waals surface area contributed by atoms with Crippen LogP contribution in [0.2, 0.25) is 0 Å². The molecular weight excluding hydrogens is 668 g/mol. The monoisotopic (exact) mass is 735 g/mol. The number of anilines is 1. The summed E-state index contributed by atoms with van der Waals surface area (Å²) in [5.74, 6) is 1.82. The van der Waals surface area contributed by atoms with E-state index in [-0.39, 0.29) is 37.0 Å². The van der Waals surface area contributed by atoms with Gasteiger partial charge in [-0.15, -0.1) is 0 Å². The van der Waals surface area contributed by atoms with Crippen LogP contribution in [0, 0.1) is 35.0 Å². The minimum Gasteiger partial charge on any atom is -0.496 e. The Morgan fingerprint density at radius 2 is 1.83 bits per heavy atom. The van der Waals surface area contributed by atoms with Crippen molar-refractivity contribution in [2.75, 3.05) is 53.3 Å². The number of hydroxylamine groups is 2. The lowest BCUT2D eigenvalue weighted by Crippen LogP contribution is -2.62. The molecule has 3 saturated carbocycles. The summed E-state index contributed by atoms with van der Waals surface area (Å²) in [6.07, 6.45) is 1.71. The van der Waals surface area contributed by atoms with Crippen molar-refractivity contribution >= 4 is 17.5 Å². The molecule has 0 spiro atoms. The third kappa shape index (κ3) is 8.70. The molecule has 4 fully saturated rings. The molecule has 11 nitrogen and oxygen atoms in total. The van der Waals surface area contributed by atoms with Gasteiger partial charge in [0.2, 0.25) is 5.91 Å². The number of rotatable bonds is 15. The van der Waals surface area contributed by atoms with E-state index >= 15 is 0 Å². The molecule has 11 heteroatoms. The van der Waals surface area contributed by atoms with E-state index in [0.29, 0.717) is 40.4 Å². The number of nitrogens with zero attached hydrogens (tertiary/aromatic N) is 3. The lowest BCUT2D eigenvalue weighted by atomic mass is 9.45. The Balaban J connectivity index is 1.45. The number of nitrogens with two attached hydrogens (primary N) is 1. The quantitative estimate of drug-likeness (QED) is 0.205. The van der Waals surface area contributed by atoms with Gasteiger partial charge in [0.1, 0.15) is 11.8 Å². The van der Waals surface area contributed by atoms with Crippen LogP contribution in [0.25, 0.3) is 11.1 Å². The van der Waals surface area contributed by atoms with Gasteiger partial charge in [-0.2, -0.15) is 5.06 Å². The minimum atomic E-state index is -0.815. The van der Waals surface area contributed by atoms with Crippen LogP contribution in [-0.2, 0) is 16.2 Å². The highest BCUT2D eigenvalue weighted by molar-refractivity contribution is 5.97. The van der Waals surface area contributed by atoms with Gasteiger partial charge in [-0.05, 0) is 93.1 Å². The number of carbonyl (C=O) groups is 2. The normalized spacial score (nSPS) is 27.6. The van der Waals surface area contributed by atoms with Gasteiger partial charge in [0, 0.05) is 67.6 Å². The summed E-state index contributed by atoms with van der Waals surface area (Å²) >= 11 is 0. The summed E-state index contributed by atoms with van der Waals surface area (Å²) in [6, 6.07) is 11.1. The fraction of sp³-hybridized carbons (Fsp3) is 0.667. The number of hydrogen-bond donors (Lipinski definition) is 4. The molecule has 9 atom stereocenters. The minimum absolute atomic E-state index is 0.00843. The molecule has 1 saturated heterocycles. The summed E-state index contributed by atoms with van der Waals surface area (Å²) in [4.78, 5) is 38.6. The molecule has 294 valence electrons. The Hall–Kier alpha value is -3.22. The van der Waals surface area contributed by atoms with E-state index < -0.39 is 24.2 Å². The van der Waals surface area contributed by atoms with E-state index in [1.165, 1.54) is 6.42 Å². The summed E-state index contributed by atoms with van der Waals surface area (Å²) < 4.78 is 6.11. The molecule has 6 rings (SSSR count). The number of para-hydroxylation sites is 1. The fourth-order valence-electron chi connectivity index (χ4n) is 9.49. The highest BCUT2D eigenvalue weighted by Crippen LogP contribution is 2.61. The molecule has 2 aromatic carbocycles. The zero-order valence-electron chi connectivity index (χ0n) is 34.0. The van der Waals surface area contributed by atoms with E-state index in [1.807, 2.05) is 63.4 Å². The molecule has 53 heavy (non-hydrogen) atoms. The molecule has 0 aromatic heterocycles. The number of carbonyl (C=O) groups excluding carboxylic acids is 2. The number of amides is 2. The first kappa shape index (κ1) is 41.0. The maximum absolute atomic E-state index is 14.3. The van der Waals surface area contributed by atoms with Crippen LogP contribution in [0.3, 0.4) is 0 Å². The molecule has 2 amide bonds. The average molecular weight is 735 g/mol. The second kappa shape index (κ2) is 16.7. The predicted molar refractivity (Wildman–Crippen MR) is 212 cm³/mol. The van der Waals surface area contributed by atoms with E-state index in [4.69, 9.17) is 15.3 Å². The first-order chi connectivity index (χ1) is 25.0. The highest BCUT2D eigenvalue weighted by Gasteiger charge is 2.57. The van der Waals surface area contributed by atoms with E-state index in [2.05, 4.69) is 56.2 Å². The molecule has 0 radical (unpaired) electrons. The number of hydrogen-bond acceptors (Lipinski definition) is 9. The van der Waals surface area contributed by atoms with Crippen LogP contribution < -0.4 is 26.0 Å². The lowest BCUT2D eigenvalue weighted by Gasteiger charge is -2.62. The third-order valence-corrected chi connectivity index (χ3v) is 12.4. The fourth-order valence-corrected chi connectivity index (χ4v) is 9.49. The van der Waals surface area contributed by atoms with Crippen LogP contribution in [0.4, 0.5) is 5.69 Å². The van der Waals surface area contributed by atoms with Gasteiger partial charge in [-0.1, -0.05) is 52.8 Å². The maximum Gasteiger partial charge on any atom is 0.251 e. The van der Waals surface area contributed by atoms with Gasteiger partial charge in [0.25, 0.3) is 5.91 Å². The van der Waals surface area contributed by atoms with Crippen molar-refractivity contribution in [1.82, 2.24) is 20.6 Å². The van der Waals surface area contributed by atoms with Crippen LogP contribution in [0.1, 0.15) is 76.7 Å². The van der Waals surface area contributed by atoms with Crippen molar-refractivity contribution in [1.29, 1.82) is 0 Å². The molecule has 2 bridgehead atoms. The second-order valence-electron chi connectivity index (χ2n) is 17.5. The van der Waals surface area contributed by atoms with Crippen molar-refractivity contribution in [3.8, 4) is 16.9 Å². The molecule has 3 aliphatic carbocycles. The maximum atomic E-state index is 14.3. The van der Waals surface area contributed by atoms with Gasteiger partial charge >= 0.3 is 0 Å². The second-order valence-corrected chi connectivity index (χ2v) is 17.5. The third-order valence-electron chi connectivity index (χ3n) is 12.4. The Morgan fingerprint density at radius 1 is 1.11 bits per heavy atom. The number of benzene rings is 2. The van der Waals surface area contributed by atoms with Crippen LogP contribution in [0.5, 0.6) is 5.75 Å². The predicted octanol–water partition coefficient (Wildman–Crippen LogP) is 4.76. The summed E-state index contributed by atoms with van der Waals surface area (Å²) in [5.41, 5.74) is 10.4. The Kier molecular flexibility index (Phi) is 12.9. The smallest absolute Gasteiger partial charge is 0.251 e. The molecule has 1 aliphatic heterocycles. The average Bonchev–Trinajstić information content (AvgIpc) is 3.46. The van der Waals surface area contributed by atoms with E-state index in [0.717, 1.165) is 41.8 Å². The first-order valence-electron chi connectivity index (χ1n) is 19.5. The topological polar surface area (TPSA) is 133 Å². The molecule has 1 heterocycles. The van der Waals surface area contributed by atoms with Crippen LogP contribution >= 0.6 is 0 Å². The number of fused-ring (bicyclic) bond motifs is 2. The van der Waals surface area contributed by atoms with Crippen molar-refractivity contribution in [2.24, 2.45) is 40.7 Å². The molecule has 0 unspecified atom stereocenters. The number of likely N-dealkylation sites (N-methyl/N-ethyl adjacent to an activating group) is 1. The van der Waals surface area contributed by atoms with Gasteiger partial charge in [0.15, 0.2) is 0 Å². The highest BCUT2D eigenvalue weighted by atomic mass is 16.7. The molecule has 2 aromatic rings. The number of aliphatic hydroxyl groups excluding tert-OH is 1. The van der Waals surface area contributed by atoms with Crippen molar-refractivity contribution < 1.29 is 24.3 Å². The van der Waals surface area contributed by atoms with Crippen LogP contribution in [0.15, 0.2) is 36.4 Å². The number of methoxy groups -OCH3 is 1. The number of nitrogens with one attached hydrogen (secondary N) is 2. The molecular formula is C42H66N6O5. The summed E-state index contributed by atoms with van der Waals surface area (Å²) in [7, 11) is 9.60. The van der Waals surface area contributed by atoms with Gasteiger partial charge < -0.3 is 36.0 Å². The van der Waals surface area contributed by atoms with E-state index in [9.17, 15) is 14.7 Å². The summed E-state index contributed by atoms with van der Waals surface area (Å²) in [6.45, 7) is 14.2. The standard InChI is InChI=1S/C42H66N6O5/c1-24(2)15-31(23-46(7)8)44-40(50)29-16-28(17-32(18-29)47(9)10)33-14-12-13-27(39(33)52-11)22-48-38(37(26(4)49)36(21-43)53-48)41(51)45-35-20-30-19-34(25(35)3)42(30,5)6/h12-14,16-18,24-26,30-31,34-38,49H,15,19-23,43H2,1-11H3,(H,44,50)(H,45,51)/t25-,26-,30+,31+,34-,35-,36-,37+,38-/m0/s1. The number of ether oxygens (including phenoxy) is 1. The molecule has 4 aliphatic rings. The Morgan fingerprint density at radius 3 is 2.40 bits per heavy atom. The first-order valence-corrected chi connectivity index (χ1v) is 19.5. The van der Waals surface area contributed by atoms with E-state index in [1.54, 1.807) is 19.1 Å². The summed E-state index contributed by atoms with van der Waals surface area (Å²) in [5, 5.41) is 19.4. The van der Waals surface area contributed by atoms with Crippen molar-refractivity contribution in [3.05, 3.63) is 47.5 Å². The van der Waals surface area contributed by atoms with Crippen LogP contribution in [-0.4, -0.2) is 106 Å². The van der Waals surface area contributed by atoms with Crippen molar-refractivity contribution in [2.45, 2.75) is 97.7 Å². The van der Waals surface area contributed by atoms with Gasteiger partial charge in [-0.3, -0.25) is 14.4 Å². The SMILES string of the molecule is COc1c(CN2O[C@@H](CN)[C@@H]([C@H](C)O)[C@H]2C(=O)N[C@H]2C[C@H]3C[C@@H]([C@@H]2C)C3(C)C)cccc1-c1cc(C(=O)N[C@H](CC(C)C)CN(C)C)cc(N(C)C)c1. The Labute approximate surface area is 317 Å². The zero-order valence-corrected chi connectivity index (χ0v) is 34.0. The van der Waals surface area contributed by atoms with Gasteiger partial charge in [-0.25, -0.2) is 0 Å².